The summed E-state index contributed by atoms with van der Waals surface area (Å²) in [6.07, 6.45) is 3.28. The molecule has 160 valence electrons. The first kappa shape index (κ1) is 21.8. The minimum absolute atomic E-state index is 0.00739. The van der Waals surface area contributed by atoms with Crippen molar-refractivity contribution >= 4 is 11.8 Å². The summed E-state index contributed by atoms with van der Waals surface area (Å²) < 4.78 is 18.5. The summed E-state index contributed by atoms with van der Waals surface area (Å²) in [7, 11) is 1.64. The van der Waals surface area contributed by atoms with Crippen molar-refractivity contribution in [2.75, 3.05) is 26.7 Å². The summed E-state index contributed by atoms with van der Waals surface area (Å²) in [5.41, 5.74) is 2.06. The van der Waals surface area contributed by atoms with E-state index in [1.54, 1.807) is 18.1 Å². The maximum Gasteiger partial charge on any atom is 0.224 e. The predicted molar refractivity (Wildman–Crippen MR) is 114 cm³/mol. The van der Waals surface area contributed by atoms with E-state index < -0.39 is 0 Å². The number of carbonyl (C=O) groups is 2. The highest BCUT2D eigenvalue weighted by Gasteiger charge is 2.29. The van der Waals surface area contributed by atoms with Gasteiger partial charge in [0.15, 0.2) is 0 Å². The SMILES string of the molecule is COc1ccc(CCCNC(=O)[C@H]2CCC(=O)N(CCc3cccc(F)c3)C2)cc1. The van der Waals surface area contributed by atoms with E-state index in [0.717, 1.165) is 24.2 Å². The van der Waals surface area contributed by atoms with Gasteiger partial charge in [0.2, 0.25) is 11.8 Å². The second-order valence-corrected chi connectivity index (χ2v) is 7.70. The molecule has 0 aromatic heterocycles. The molecule has 1 aliphatic rings. The highest BCUT2D eigenvalue weighted by atomic mass is 19.1. The van der Waals surface area contributed by atoms with Crippen LogP contribution < -0.4 is 10.1 Å². The normalized spacial score (nSPS) is 16.4. The molecule has 2 aromatic carbocycles. The van der Waals surface area contributed by atoms with Gasteiger partial charge in [0.05, 0.1) is 13.0 Å². The number of nitrogens with zero attached hydrogens (tertiary/aromatic N) is 1. The van der Waals surface area contributed by atoms with E-state index in [9.17, 15) is 14.0 Å². The largest absolute Gasteiger partial charge is 0.497 e. The maximum absolute atomic E-state index is 13.3. The van der Waals surface area contributed by atoms with Crippen LogP contribution in [0.3, 0.4) is 0 Å². The van der Waals surface area contributed by atoms with Gasteiger partial charge in [-0.3, -0.25) is 9.59 Å². The molecule has 1 aliphatic heterocycles. The summed E-state index contributed by atoms with van der Waals surface area (Å²) in [5, 5.41) is 3.01. The zero-order valence-corrected chi connectivity index (χ0v) is 17.4. The second-order valence-electron chi connectivity index (χ2n) is 7.70. The Labute approximate surface area is 177 Å². The number of amides is 2. The molecule has 0 saturated carbocycles. The predicted octanol–water partition coefficient (Wildman–Crippen LogP) is 3.36. The molecule has 0 aliphatic carbocycles. The van der Waals surface area contributed by atoms with Crippen molar-refractivity contribution in [1.29, 1.82) is 0 Å². The van der Waals surface area contributed by atoms with Crippen LogP contribution in [0.25, 0.3) is 0 Å². The molecule has 2 amide bonds. The summed E-state index contributed by atoms with van der Waals surface area (Å²) in [4.78, 5) is 26.5. The zero-order valence-electron chi connectivity index (χ0n) is 17.4. The lowest BCUT2D eigenvalue weighted by molar-refractivity contribution is -0.138. The Morgan fingerprint density at radius 2 is 1.97 bits per heavy atom. The van der Waals surface area contributed by atoms with E-state index in [2.05, 4.69) is 5.32 Å². The number of halogens is 1. The van der Waals surface area contributed by atoms with E-state index in [1.807, 2.05) is 30.3 Å². The summed E-state index contributed by atoms with van der Waals surface area (Å²) >= 11 is 0. The summed E-state index contributed by atoms with van der Waals surface area (Å²) in [6, 6.07) is 14.4. The van der Waals surface area contributed by atoms with Gasteiger partial charge < -0.3 is 15.0 Å². The average molecular weight is 413 g/mol. The molecule has 1 N–H and O–H groups in total. The van der Waals surface area contributed by atoms with Gasteiger partial charge in [-0.25, -0.2) is 4.39 Å². The van der Waals surface area contributed by atoms with E-state index in [1.165, 1.54) is 17.7 Å². The van der Waals surface area contributed by atoms with Crippen molar-refractivity contribution in [1.82, 2.24) is 10.2 Å². The lowest BCUT2D eigenvalue weighted by Gasteiger charge is -2.32. The van der Waals surface area contributed by atoms with Gasteiger partial charge in [0, 0.05) is 26.1 Å². The molecule has 3 rings (SSSR count). The minimum Gasteiger partial charge on any atom is -0.497 e. The summed E-state index contributed by atoms with van der Waals surface area (Å²) in [5.74, 6) is 0.448. The van der Waals surface area contributed by atoms with Crippen LogP contribution in [0.4, 0.5) is 4.39 Å². The van der Waals surface area contributed by atoms with Crippen LogP contribution in [0.5, 0.6) is 5.75 Å². The monoisotopic (exact) mass is 412 g/mol. The van der Waals surface area contributed by atoms with Crippen molar-refractivity contribution in [3.63, 3.8) is 0 Å². The molecular weight excluding hydrogens is 383 g/mol. The molecular formula is C24H29FN2O3. The quantitative estimate of drug-likeness (QED) is 0.643. The number of likely N-dealkylation sites (tertiary alicyclic amines) is 1. The molecule has 1 saturated heterocycles. The molecule has 1 atom stereocenters. The number of carbonyl (C=O) groups excluding carboxylic acids is 2. The van der Waals surface area contributed by atoms with Crippen molar-refractivity contribution < 1.29 is 18.7 Å². The Kier molecular flexibility index (Phi) is 7.82. The second kappa shape index (κ2) is 10.8. The highest BCUT2D eigenvalue weighted by molar-refractivity contribution is 5.83. The third-order valence-electron chi connectivity index (χ3n) is 5.53. The van der Waals surface area contributed by atoms with Crippen LogP contribution in [0.1, 0.15) is 30.4 Å². The lowest BCUT2D eigenvalue weighted by atomic mass is 9.96. The van der Waals surface area contributed by atoms with E-state index in [0.29, 0.717) is 38.9 Å². The van der Waals surface area contributed by atoms with Crippen molar-refractivity contribution in [2.45, 2.75) is 32.1 Å². The number of benzene rings is 2. The van der Waals surface area contributed by atoms with Crippen molar-refractivity contribution in [2.24, 2.45) is 5.92 Å². The van der Waals surface area contributed by atoms with E-state index in [4.69, 9.17) is 4.74 Å². The van der Waals surface area contributed by atoms with E-state index >= 15 is 0 Å². The molecule has 1 fully saturated rings. The molecule has 2 aromatic rings. The number of aryl methyl sites for hydroxylation is 1. The number of hydrogen-bond acceptors (Lipinski definition) is 3. The first-order chi connectivity index (χ1) is 14.5. The first-order valence-electron chi connectivity index (χ1n) is 10.5. The smallest absolute Gasteiger partial charge is 0.224 e. The Balaban J connectivity index is 1.41. The van der Waals surface area contributed by atoms with Crippen LogP contribution in [0.15, 0.2) is 48.5 Å². The van der Waals surface area contributed by atoms with Crippen LogP contribution in [-0.4, -0.2) is 43.5 Å². The average Bonchev–Trinajstić information content (AvgIpc) is 2.76. The van der Waals surface area contributed by atoms with Gasteiger partial charge in [-0.1, -0.05) is 24.3 Å². The number of methoxy groups -OCH3 is 1. The number of piperidine rings is 1. The summed E-state index contributed by atoms with van der Waals surface area (Å²) in [6.45, 7) is 1.54. The number of rotatable bonds is 9. The Hall–Kier alpha value is -2.89. The van der Waals surface area contributed by atoms with Crippen molar-refractivity contribution in [3.05, 3.63) is 65.5 Å². The van der Waals surface area contributed by atoms with Gasteiger partial charge in [-0.2, -0.15) is 0 Å². The third kappa shape index (κ3) is 6.31. The molecule has 0 radical (unpaired) electrons. The van der Waals surface area contributed by atoms with Gasteiger partial charge in [-0.15, -0.1) is 0 Å². The van der Waals surface area contributed by atoms with Crippen LogP contribution in [-0.2, 0) is 22.4 Å². The molecule has 1 heterocycles. The third-order valence-corrected chi connectivity index (χ3v) is 5.53. The Morgan fingerprint density at radius 3 is 2.70 bits per heavy atom. The lowest BCUT2D eigenvalue weighted by Crippen LogP contribution is -2.46. The molecule has 6 heteroatoms. The van der Waals surface area contributed by atoms with Crippen LogP contribution in [0.2, 0.25) is 0 Å². The molecule has 30 heavy (non-hydrogen) atoms. The zero-order chi connectivity index (χ0) is 21.3. The van der Waals surface area contributed by atoms with Gasteiger partial charge >= 0.3 is 0 Å². The highest BCUT2D eigenvalue weighted by Crippen LogP contribution is 2.19. The van der Waals surface area contributed by atoms with Gasteiger partial charge in [-0.05, 0) is 61.1 Å². The first-order valence-corrected chi connectivity index (χ1v) is 10.5. The standard InChI is InChI=1S/C24H29FN2O3/c1-30-22-10-7-18(8-11-22)5-3-14-26-24(29)20-9-12-23(28)27(17-20)15-13-19-4-2-6-21(25)16-19/h2,4,6-8,10-11,16,20H,3,5,9,12-15,17H2,1H3,(H,26,29)/t20-/m0/s1. The topological polar surface area (TPSA) is 58.6 Å². The molecule has 0 unspecified atom stereocenters. The number of ether oxygens (including phenoxy) is 1. The fourth-order valence-electron chi connectivity index (χ4n) is 3.74. The van der Waals surface area contributed by atoms with Crippen LogP contribution in [0, 0.1) is 11.7 Å². The fraction of sp³-hybridized carbons (Fsp3) is 0.417. The van der Waals surface area contributed by atoms with Gasteiger partial charge in [0.1, 0.15) is 11.6 Å². The Bertz CT molecular complexity index is 854. The Morgan fingerprint density at radius 1 is 1.17 bits per heavy atom. The molecule has 0 bridgehead atoms. The number of hydrogen-bond donors (Lipinski definition) is 1. The minimum atomic E-state index is -0.274. The van der Waals surface area contributed by atoms with Crippen molar-refractivity contribution in [3.8, 4) is 5.75 Å². The molecule has 5 nitrogen and oxygen atoms in total. The van der Waals surface area contributed by atoms with Gasteiger partial charge in [0.25, 0.3) is 0 Å². The maximum atomic E-state index is 13.3. The number of nitrogens with one attached hydrogen (secondary N) is 1. The molecule has 0 spiro atoms. The van der Waals surface area contributed by atoms with Crippen LogP contribution >= 0.6 is 0 Å². The van der Waals surface area contributed by atoms with E-state index in [-0.39, 0.29) is 23.5 Å². The fourth-order valence-corrected chi connectivity index (χ4v) is 3.74.